The van der Waals surface area contributed by atoms with Gasteiger partial charge in [0.2, 0.25) is 0 Å². The predicted molar refractivity (Wildman–Crippen MR) is 101 cm³/mol. The van der Waals surface area contributed by atoms with E-state index in [1.807, 2.05) is 0 Å². The van der Waals surface area contributed by atoms with E-state index >= 15 is 0 Å². The van der Waals surface area contributed by atoms with Gasteiger partial charge in [0.25, 0.3) is 5.69 Å². The largest absolute Gasteiger partial charge is 0.482 e. The summed E-state index contributed by atoms with van der Waals surface area (Å²) in [6, 6.07) is 10.6. The van der Waals surface area contributed by atoms with Crippen LogP contribution in [0.25, 0.3) is 0 Å². The van der Waals surface area contributed by atoms with E-state index in [0.29, 0.717) is 11.4 Å². The van der Waals surface area contributed by atoms with Gasteiger partial charge in [0.15, 0.2) is 12.4 Å². The first-order chi connectivity index (χ1) is 13.4. The Morgan fingerprint density at radius 2 is 1.93 bits per heavy atom. The first kappa shape index (κ1) is 20.8. The quantitative estimate of drug-likeness (QED) is 0.286. The Labute approximate surface area is 161 Å². The monoisotopic (exact) mass is 388 g/mol. The molecule has 0 bridgehead atoms. The third-order valence-corrected chi connectivity index (χ3v) is 3.57. The van der Waals surface area contributed by atoms with Gasteiger partial charge in [-0.25, -0.2) is 4.79 Å². The summed E-state index contributed by atoms with van der Waals surface area (Å²) in [7, 11) is 1.39. The van der Waals surface area contributed by atoms with Crippen molar-refractivity contribution in [2.75, 3.05) is 32.2 Å². The van der Waals surface area contributed by atoms with E-state index in [2.05, 4.69) is 5.32 Å². The molecule has 148 valence electrons. The number of esters is 1. The fourth-order valence-electron chi connectivity index (χ4n) is 2.35. The fourth-order valence-corrected chi connectivity index (χ4v) is 2.35. The Bertz CT molecular complexity index is 867. The fraction of sp³-hybridized carbons (Fsp3) is 0.263. The summed E-state index contributed by atoms with van der Waals surface area (Å²) < 4.78 is 15.0. The Balaban J connectivity index is 2.22. The summed E-state index contributed by atoms with van der Waals surface area (Å²) in [5.74, 6) is -0.417. The summed E-state index contributed by atoms with van der Waals surface area (Å²) in [4.78, 5) is 34.1. The molecule has 0 radical (unpaired) electrons. The number of anilines is 2. The van der Waals surface area contributed by atoms with Crippen molar-refractivity contribution in [3.63, 3.8) is 0 Å². The summed E-state index contributed by atoms with van der Waals surface area (Å²) in [5.41, 5.74) is 0.728. The summed E-state index contributed by atoms with van der Waals surface area (Å²) in [5, 5.41) is 14.2. The minimum absolute atomic E-state index is 0.131. The predicted octanol–water partition coefficient (Wildman–Crippen LogP) is 3.11. The van der Waals surface area contributed by atoms with Gasteiger partial charge < -0.3 is 19.5 Å². The van der Waals surface area contributed by atoms with Crippen LogP contribution in [0.1, 0.15) is 17.3 Å². The number of ketones is 1. The second kappa shape index (κ2) is 10.0. The maximum Gasteiger partial charge on any atom is 0.344 e. The van der Waals surface area contributed by atoms with Crippen molar-refractivity contribution in [1.29, 1.82) is 0 Å². The highest BCUT2D eigenvalue weighted by Crippen LogP contribution is 2.30. The normalized spacial score (nSPS) is 10.2. The van der Waals surface area contributed by atoms with Crippen LogP contribution in [0.3, 0.4) is 0 Å². The molecule has 0 aliphatic heterocycles. The van der Waals surface area contributed by atoms with Crippen molar-refractivity contribution in [3.8, 4) is 5.75 Å². The van der Waals surface area contributed by atoms with E-state index in [1.54, 1.807) is 31.2 Å². The molecule has 0 heterocycles. The molecule has 1 N–H and O–H groups in total. The van der Waals surface area contributed by atoms with Gasteiger partial charge in [-0.05, 0) is 31.2 Å². The lowest BCUT2D eigenvalue weighted by molar-refractivity contribution is -0.383. The number of Topliss-reactive ketones (excluding diaryl/α,β-unsaturated/α-hetero) is 1. The van der Waals surface area contributed by atoms with Crippen LogP contribution in [0, 0.1) is 10.1 Å². The molecular formula is C19H20N2O7. The van der Waals surface area contributed by atoms with Crippen LogP contribution in [0.4, 0.5) is 17.1 Å². The number of nitrogens with zero attached hydrogens (tertiary/aromatic N) is 1. The van der Waals surface area contributed by atoms with E-state index in [-0.39, 0.29) is 42.5 Å². The summed E-state index contributed by atoms with van der Waals surface area (Å²) >= 11 is 0. The topological polar surface area (TPSA) is 117 Å². The van der Waals surface area contributed by atoms with Crippen molar-refractivity contribution in [2.45, 2.75) is 6.92 Å². The number of nitro groups is 1. The zero-order chi connectivity index (χ0) is 20.5. The lowest BCUT2D eigenvalue weighted by Crippen LogP contribution is -2.14. The second-order valence-corrected chi connectivity index (χ2v) is 5.59. The molecule has 2 aromatic rings. The van der Waals surface area contributed by atoms with E-state index in [4.69, 9.17) is 14.2 Å². The molecule has 0 aliphatic rings. The SMILES string of the molecule is CCOC(=O)COc1cccc(Nc2cc(C(=O)COC)ccc2[N+](=O)[O-])c1. The van der Waals surface area contributed by atoms with Crippen LogP contribution >= 0.6 is 0 Å². The summed E-state index contributed by atoms with van der Waals surface area (Å²) in [6.45, 7) is 1.57. The minimum Gasteiger partial charge on any atom is -0.482 e. The molecule has 0 unspecified atom stereocenters. The third-order valence-electron chi connectivity index (χ3n) is 3.57. The minimum atomic E-state index is -0.548. The number of rotatable bonds is 10. The average molecular weight is 388 g/mol. The molecule has 0 aromatic heterocycles. The maximum absolute atomic E-state index is 12.0. The Morgan fingerprint density at radius 3 is 2.61 bits per heavy atom. The molecule has 0 amide bonds. The molecule has 9 nitrogen and oxygen atoms in total. The molecular weight excluding hydrogens is 368 g/mol. The van der Waals surface area contributed by atoms with E-state index < -0.39 is 10.9 Å². The molecule has 9 heteroatoms. The van der Waals surface area contributed by atoms with Gasteiger partial charge >= 0.3 is 5.97 Å². The number of carbonyl (C=O) groups is 2. The van der Waals surface area contributed by atoms with Crippen molar-refractivity contribution in [1.82, 2.24) is 0 Å². The second-order valence-electron chi connectivity index (χ2n) is 5.59. The maximum atomic E-state index is 12.0. The summed E-state index contributed by atoms with van der Waals surface area (Å²) in [6.07, 6.45) is 0. The van der Waals surface area contributed by atoms with Crippen LogP contribution < -0.4 is 10.1 Å². The number of methoxy groups -OCH3 is 1. The Kier molecular flexibility index (Phi) is 7.46. The average Bonchev–Trinajstić information content (AvgIpc) is 2.67. The van der Waals surface area contributed by atoms with Gasteiger partial charge in [-0.2, -0.15) is 0 Å². The van der Waals surface area contributed by atoms with Crippen molar-refractivity contribution >= 4 is 28.8 Å². The highest BCUT2D eigenvalue weighted by molar-refractivity contribution is 5.98. The van der Waals surface area contributed by atoms with Crippen LogP contribution in [0.2, 0.25) is 0 Å². The van der Waals surface area contributed by atoms with E-state index in [0.717, 1.165) is 0 Å². The van der Waals surface area contributed by atoms with E-state index in [1.165, 1.54) is 25.3 Å². The molecule has 28 heavy (non-hydrogen) atoms. The van der Waals surface area contributed by atoms with Crippen LogP contribution in [-0.4, -0.2) is 43.6 Å². The van der Waals surface area contributed by atoms with Crippen molar-refractivity contribution < 1.29 is 28.7 Å². The molecule has 0 saturated carbocycles. The van der Waals surface area contributed by atoms with Gasteiger partial charge in [-0.3, -0.25) is 14.9 Å². The molecule has 2 rings (SSSR count). The highest BCUT2D eigenvalue weighted by atomic mass is 16.6. The van der Waals surface area contributed by atoms with Crippen LogP contribution in [0.5, 0.6) is 5.75 Å². The van der Waals surface area contributed by atoms with Gasteiger partial charge in [0.1, 0.15) is 18.0 Å². The molecule has 0 fully saturated rings. The van der Waals surface area contributed by atoms with Gasteiger partial charge in [-0.1, -0.05) is 6.07 Å². The van der Waals surface area contributed by atoms with Gasteiger partial charge in [0, 0.05) is 30.5 Å². The highest BCUT2D eigenvalue weighted by Gasteiger charge is 2.17. The lowest BCUT2D eigenvalue weighted by Gasteiger charge is -2.11. The van der Waals surface area contributed by atoms with Gasteiger partial charge in [-0.15, -0.1) is 0 Å². The Hall–Kier alpha value is -3.46. The van der Waals surface area contributed by atoms with E-state index in [9.17, 15) is 19.7 Å². The first-order valence-electron chi connectivity index (χ1n) is 8.40. The lowest BCUT2D eigenvalue weighted by atomic mass is 10.1. The standard InChI is InChI=1S/C19H20N2O7/c1-3-27-19(23)12-28-15-6-4-5-14(10-15)20-16-9-13(18(22)11-26-2)7-8-17(16)21(24)25/h4-10,20H,3,11-12H2,1-2H3. The number of nitrogens with one attached hydrogen (secondary N) is 1. The number of hydrogen-bond acceptors (Lipinski definition) is 8. The van der Waals surface area contributed by atoms with Crippen LogP contribution in [-0.2, 0) is 14.3 Å². The van der Waals surface area contributed by atoms with Crippen molar-refractivity contribution in [3.05, 3.63) is 58.1 Å². The van der Waals surface area contributed by atoms with Gasteiger partial charge in [0.05, 0.1) is 11.5 Å². The number of ether oxygens (including phenoxy) is 3. The number of nitro benzene ring substituents is 1. The Morgan fingerprint density at radius 1 is 1.14 bits per heavy atom. The number of carbonyl (C=O) groups excluding carboxylic acids is 2. The van der Waals surface area contributed by atoms with Crippen molar-refractivity contribution in [2.24, 2.45) is 0 Å². The molecule has 0 atom stereocenters. The molecule has 0 spiro atoms. The van der Waals surface area contributed by atoms with Crippen LogP contribution in [0.15, 0.2) is 42.5 Å². The number of hydrogen-bond donors (Lipinski definition) is 1. The molecule has 0 saturated heterocycles. The third kappa shape index (κ3) is 5.78. The first-order valence-corrected chi connectivity index (χ1v) is 8.40. The zero-order valence-corrected chi connectivity index (χ0v) is 15.5. The molecule has 0 aliphatic carbocycles. The zero-order valence-electron chi connectivity index (χ0n) is 15.5. The number of benzene rings is 2. The smallest absolute Gasteiger partial charge is 0.344 e. The molecule has 2 aromatic carbocycles.